The Morgan fingerprint density at radius 2 is 2.20 bits per heavy atom. The predicted molar refractivity (Wildman–Crippen MR) is 75.8 cm³/mol. The molecule has 4 heteroatoms. The van der Waals surface area contributed by atoms with Gasteiger partial charge in [-0.1, -0.05) is 30.3 Å². The number of hydrogen-bond acceptors (Lipinski definition) is 4. The van der Waals surface area contributed by atoms with Gasteiger partial charge in [-0.3, -0.25) is 5.32 Å². The average Bonchev–Trinajstić information content (AvgIpc) is 2.95. The zero-order valence-electron chi connectivity index (χ0n) is 11.9. The van der Waals surface area contributed by atoms with Crippen molar-refractivity contribution >= 4 is 0 Å². The van der Waals surface area contributed by atoms with E-state index in [1.54, 1.807) is 0 Å². The van der Waals surface area contributed by atoms with Crippen LogP contribution in [0.1, 0.15) is 25.3 Å². The van der Waals surface area contributed by atoms with Gasteiger partial charge in [0.15, 0.2) is 0 Å². The summed E-state index contributed by atoms with van der Waals surface area (Å²) in [6.07, 6.45) is 1.90. The van der Waals surface area contributed by atoms with Crippen LogP contribution in [0.15, 0.2) is 30.3 Å². The Balaban J connectivity index is 1.48. The molecule has 2 aliphatic heterocycles. The van der Waals surface area contributed by atoms with Crippen LogP contribution in [0.25, 0.3) is 0 Å². The number of rotatable bonds is 5. The van der Waals surface area contributed by atoms with E-state index < -0.39 is 5.72 Å². The summed E-state index contributed by atoms with van der Waals surface area (Å²) < 4.78 is 11.4. The van der Waals surface area contributed by atoms with Gasteiger partial charge >= 0.3 is 0 Å². The number of benzene rings is 1. The molecule has 20 heavy (non-hydrogen) atoms. The third-order valence-electron chi connectivity index (χ3n) is 4.50. The number of nitrogens with one attached hydrogen (secondary N) is 1. The third kappa shape index (κ3) is 2.88. The van der Waals surface area contributed by atoms with Gasteiger partial charge in [0, 0.05) is 25.0 Å². The van der Waals surface area contributed by atoms with E-state index in [1.807, 2.05) is 25.1 Å². The van der Waals surface area contributed by atoms with E-state index in [2.05, 4.69) is 17.4 Å². The van der Waals surface area contributed by atoms with Crippen molar-refractivity contribution in [2.45, 2.75) is 38.3 Å². The first-order valence-corrected chi connectivity index (χ1v) is 7.40. The Morgan fingerprint density at radius 3 is 3.00 bits per heavy atom. The van der Waals surface area contributed by atoms with Crippen LogP contribution in [0.4, 0.5) is 0 Å². The van der Waals surface area contributed by atoms with Crippen LogP contribution in [0.3, 0.4) is 0 Å². The molecule has 110 valence electrons. The van der Waals surface area contributed by atoms with Crippen molar-refractivity contribution in [3.8, 4) is 0 Å². The molecule has 0 aliphatic carbocycles. The lowest BCUT2D eigenvalue weighted by molar-refractivity contribution is -0.0399. The van der Waals surface area contributed by atoms with E-state index in [0.717, 1.165) is 19.4 Å². The third-order valence-corrected chi connectivity index (χ3v) is 4.50. The van der Waals surface area contributed by atoms with Crippen molar-refractivity contribution in [3.05, 3.63) is 35.9 Å². The van der Waals surface area contributed by atoms with E-state index in [4.69, 9.17) is 9.47 Å². The quantitative estimate of drug-likeness (QED) is 0.807. The summed E-state index contributed by atoms with van der Waals surface area (Å²) in [6.45, 7) is 3.94. The van der Waals surface area contributed by atoms with Gasteiger partial charge in [0.25, 0.3) is 0 Å². The smallest absolute Gasteiger partial charge is 0.118 e. The fourth-order valence-electron chi connectivity index (χ4n) is 3.45. The molecule has 0 bridgehead atoms. The monoisotopic (exact) mass is 277 g/mol. The molecule has 2 heterocycles. The highest BCUT2D eigenvalue weighted by Crippen LogP contribution is 2.41. The van der Waals surface area contributed by atoms with Crippen LogP contribution in [-0.2, 0) is 16.1 Å². The fourth-order valence-corrected chi connectivity index (χ4v) is 3.45. The maximum Gasteiger partial charge on any atom is 0.118 e. The Hall–Kier alpha value is -0.940. The van der Waals surface area contributed by atoms with E-state index in [0.29, 0.717) is 19.1 Å². The lowest BCUT2D eigenvalue weighted by Gasteiger charge is -2.28. The summed E-state index contributed by atoms with van der Waals surface area (Å²) in [7, 11) is 0. The van der Waals surface area contributed by atoms with Gasteiger partial charge in [-0.2, -0.15) is 0 Å². The van der Waals surface area contributed by atoms with Crippen LogP contribution in [0, 0.1) is 11.8 Å². The van der Waals surface area contributed by atoms with E-state index >= 15 is 0 Å². The molecule has 4 nitrogen and oxygen atoms in total. The lowest BCUT2D eigenvalue weighted by atomic mass is 9.85. The minimum absolute atomic E-state index is 0.0177. The number of hydrogen-bond donors (Lipinski definition) is 2. The maximum atomic E-state index is 10.4. The molecule has 0 amide bonds. The molecule has 0 saturated carbocycles. The largest absolute Gasteiger partial charge is 0.377 e. The van der Waals surface area contributed by atoms with Gasteiger partial charge in [-0.25, -0.2) is 0 Å². The minimum Gasteiger partial charge on any atom is -0.377 e. The molecule has 2 saturated heterocycles. The zero-order chi connectivity index (χ0) is 14.0. The van der Waals surface area contributed by atoms with Crippen molar-refractivity contribution in [2.75, 3.05) is 13.2 Å². The summed E-state index contributed by atoms with van der Waals surface area (Å²) in [6, 6.07) is 10.2. The van der Waals surface area contributed by atoms with E-state index in [1.165, 1.54) is 5.56 Å². The van der Waals surface area contributed by atoms with Gasteiger partial charge in [0.1, 0.15) is 12.0 Å². The summed E-state index contributed by atoms with van der Waals surface area (Å²) in [5.74, 6) is 0.607. The van der Waals surface area contributed by atoms with Gasteiger partial charge in [-0.05, 0) is 25.3 Å². The molecular weight excluding hydrogens is 254 g/mol. The lowest BCUT2D eigenvalue weighted by Crippen LogP contribution is -2.44. The molecule has 0 radical (unpaired) electrons. The van der Waals surface area contributed by atoms with Crippen LogP contribution in [0.5, 0.6) is 0 Å². The first kappa shape index (κ1) is 14.0. The van der Waals surface area contributed by atoms with Crippen molar-refractivity contribution in [2.24, 2.45) is 11.8 Å². The Kier molecular flexibility index (Phi) is 4.08. The highest BCUT2D eigenvalue weighted by Gasteiger charge is 2.51. The van der Waals surface area contributed by atoms with Crippen molar-refractivity contribution in [3.63, 3.8) is 0 Å². The first-order valence-electron chi connectivity index (χ1n) is 7.40. The topological polar surface area (TPSA) is 50.7 Å². The van der Waals surface area contributed by atoms with E-state index in [-0.39, 0.29) is 12.1 Å². The Bertz CT molecular complexity index is 435. The molecular formula is C16H23NO3. The molecule has 4 atom stereocenters. The summed E-state index contributed by atoms with van der Waals surface area (Å²) in [5, 5.41) is 13.6. The van der Waals surface area contributed by atoms with Gasteiger partial charge in [-0.15, -0.1) is 0 Å². The average molecular weight is 277 g/mol. The normalized spacial score (nSPS) is 36.2. The number of aliphatic hydroxyl groups is 1. The second-order valence-electron chi connectivity index (χ2n) is 5.97. The highest BCUT2D eigenvalue weighted by atomic mass is 16.5. The molecule has 0 unspecified atom stereocenters. The van der Waals surface area contributed by atoms with Gasteiger partial charge in [0.05, 0.1) is 6.61 Å². The molecule has 2 N–H and O–H groups in total. The fraction of sp³-hybridized carbons (Fsp3) is 0.625. The molecule has 1 aromatic carbocycles. The SMILES string of the molecule is C[C@@]1(O)N[C@@H]2OCC[C@@H]2[C@@H]1CCOCc1ccccc1. The molecule has 0 aromatic heterocycles. The molecule has 1 aromatic rings. The second kappa shape index (κ2) is 5.82. The molecule has 2 aliphatic rings. The van der Waals surface area contributed by atoms with Gasteiger partial charge in [0.2, 0.25) is 0 Å². The number of ether oxygens (including phenoxy) is 2. The molecule has 2 fully saturated rings. The zero-order valence-corrected chi connectivity index (χ0v) is 11.9. The Labute approximate surface area is 120 Å². The first-order chi connectivity index (χ1) is 9.67. The van der Waals surface area contributed by atoms with Crippen molar-refractivity contribution in [1.29, 1.82) is 0 Å². The van der Waals surface area contributed by atoms with Crippen LogP contribution < -0.4 is 5.32 Å². The highest BCUT2D eigenvalue weighted by molar-refractivity contribution is 5.13. The summed E-state index contributed by atoms with van der Waals surface area (Å²) in [5.41, 5.74) is 0.345. The van der Waals surface area contributed by atoms with Crippen molar-refractivity contribution < 1.29 is 14.6 Å². The van der Waals surface area contributed by atoms with E-state index in [9.17, 15) is 5.11 Å². The predicted octanol–water partition coefficient (Wildman–Crippen LogP) is 1.88. The minimum atomic E-state index is -0.841. The number of fused-ring (bicyclic) bond motifs is 1. The summed E-state index contributed by atoms with van der Waals surface area (Å²) >= 11 is 0. The van der Waals surface area contributed by atoms with Crippen LogP contribution in [0.2, 0.25) is 0 Å². The van der Waals surface area contributed by atoms with Crippen molar-refractivity contribution in [1.82, 2.24) is 5.32 Å². The second-order valence-corrected chi connectivity index (χ2v) is 5.97. The summed E-state index contributed by atoms with van der Waals surface area (Å²) in [4.78, 5) is 0. The van der Waals surface area contributed by atoms with Crippen LogP contribution in [-0.4, -0.2) is 30.3 Å². The molecule has 0 spiro atoms. The van der Waals surface area contributed by atoms with Gasteiger partial charge < -0.3 is 14.6 Å². The maximum absolute atomic E-state index is 10.4. The standard InChI is InChI=1S/C16H23NO3/c1-16(18)14(13-7-10-20-15(13)17-16)8-9-19-11-12-5-3-2-4-6-12/h2-6,13-15,17-18H,7-11H2,1H3/t13-,14+,15-,16+/m1/s1. The molecule has 3 rings (SSSR count). The Morgan fingerprint density at radius 1 is 1.40 bits per heavy atom. The van der Waals surface area contributed by atoms with Crippen LogP contribution >= 0.6 is 0 Å².